The van der Waals surface area contributed by atoms with Crippen LogP contribution < -0.4 is 16.3 Å². The number of hydrogen-bond donors (Lipinski definition) is 3. The van der Waals surface area contributed by atoms with Crippen molar-refractivity contribution in [2.24, 2.45) is 0 Å². The molecule has 0 bridgehead atoms. The molecule has 0 saturated carbocycles. The third kappa shape index (κ3) is 1.44. The standard InChI is InChI=1S/C6H11N3OS/c1-4-5(2-3-10)11-6(7)9(4)8/h7,10H,2-3,8H2,1H3/p+1. The number of aliphatic hydroxyl groups excluding tert-OH is 1. The molecular formula is C6H12N3OS+. The highest BCUT2D eigenvalue weighted by Gasteiger charge is 2.14. The highest BCUT2D eigenvalue weighted by Crippen LogP contribution is 2.16. The zero-order chi connectivity index (χ0) is 8.43. The summed E-state index contributed by atoms with van der Waals surface area (Å²) in [5, 5.41) is 9.24. The van der Waals surface area contributed by atoms with Gasteiger partial charge in [-0.2, -0.15) is 0 Å². The van der Waals surface area contributed by atoms with Gasteiger partial charge in [0.1, 0.15) is 5.69 Å². The molecule has 0 radical (unpaired) electrons. The summed E-state index contributed by atoms with van der Waals surface area (Å²) in [6, 6.07) is 0. The molecule has 0 unspecified atom stereocenters. The molecule has 0 atom stereocenters. The Morgan fingerprint density at radius 1 is 1.64 bits per heavy atom. The van der Waals surface area contributed by atoms with Crippen LogP contribution in [0.5, 0.6) is 0 Å². The van der Waals surface area contributed by atoms with Crippen molar-refractivity contribution in [2.75, 3.05) is 18.2 Å². The number of nitrogens with two attached hydrogens (primary N) is 2. The first kappa shape index (κ1) is 8.29. The molecule has 0 aliphatic rings. The normalized spacial score (nSPS) is 10.4. The second-order valence-electron chi connectivity index (χ2n) is 2.29. The highest BCUT2D eigenvalue weighted by molar-refractivity contribution is 7.15. The van der Waals surface area contributed by atoms with E-state index >= 15 is 0 Å². The molecule has 0 fully saturated rings. The van der Waals surface area contributed by atoms with Crippen LogP contribution in [0.3, 0.4) is 0 Å². The lowest BCUT2D eigenvalue weighted by molar-refractivity contribution is -0.626. The molecule has 0 aliphatic carbocycles. The van der Waals surface area contributed by atoms with Gasteiger partial charge in [-0.15, -0.1) is 4.68 Å². The topological polar surface area (TPSA) is 76.2 Å². The zero-order valence-corrected chi connectivity index (χ0v) is 7.19. The summed E-state index contributed by atoms with van der Waals surface area (Å²) in [6.45, 7) is 2.03. The molecule has 11 heavy (non-hydrogen) atoms. The lowest BCUT2D eigenvalue weighted by Crippen LogP contribution is -2.47. The maximum Gasteiger partial charge on any atom is 0.355 e. The molecule has 5 heteroatoms. The summed E-state index contributed by atoms with van der Waals surface area (Å²) < 4.78 is 1.44. The lowest BCUT2D eigenvalue weighted by Gasteiger charge is -1.91. The van der Waals surface area contributed by atoms with Crippen LogP contribution in [0.25, 0.3) is 0 Å². The fourth-order valence-electron chi connectivity index (χ4n) is 0.882. The smallest absolute Gasteiger partial charge is 0.355 e. The summed E-state index contributed by atoms with van der Waals surface area (Å²) in [6.07, 6.45) is 0.630. The number of thiazole rings is 1. The minimum atomic E-state index is 0.140. The Morgan fingerprint density at radius 2 is 2.27 bits per heavy atom. The van der Waals surface area contributed by atoms with Gasteiger partial charge in [0.05, 0.1) is 4.88 Å². The lowest BCUT2D eigenvalue weighted by atomic mass is 10.3. The maximum absolute atomic E-state index is 8.66. The fourth-order valence-corrected chi connectivity index (χ4v) is 1.81. The number of anilines is 1. The number of aromatic nitrogens is 1. The first-order valence-corrected chi connectivity index (χ1v) is 4.14. The molecule has 5 N–H and O–H groups in total. The minimum absolute atomic E-state index is 0.140. The Balaban J connectivity index is 2.98. The van der Waals surface area contributed by atoms with Crippen LogP contribution in [0.15, 0.2) is 0 Å². The quantitative estimate of drug-likeness (QED) is 0.405. The molecule has 0 amide bonds. The highest BCUT2D eigenvalue weighted by atomic mass is 32.1. The summed E-state index contributed by atoms with van der Waals surface area (Å²) in [5.41, 5.74) is 6.48. The number of nitrogen functional groups attached to an aromatic ring is 2. The molecule has 1 heterocycles. The van der Waals surface area contributed by atoms with E-state index in [1.807, 2.05) is 6.92 Å². The van der Waals surface area contributed by atoms with Crippen molar-refractivity contribution in [1.29, 1.82) is 0 Å². The molecule has 62 valence electrons. The molecule has 0 aliphatic heterocycles. The fraction of sp³-hybridized carbons (Fsp3) is 0.500. The van der Waals surface area contributed by atoms with Crippen LogP contribution in [0.1, 0.15) is 10.6 Å². The van der Waals surface area contributed by atoms with E-state index in [0.29, 0.717) is 11.6 Å². The van der Waals surface area contributed by atoms with E-state index in [1.54, 1.807) is 0 Å². The number of rotatable bonds is 2. The first-order valence-electron chi connectivity index (χ1n) is 3.32. The van der Waals surface area contributed by atoms with E-state index in [1.165, 1.54) is 16.0 Å². The zero-order valence-electron chi connectivity index (χ0n) is 6.37. The van der Waals surface area contributed by atoms with Crippen LogP contribution in [-0.4, -0.2) is 11.7 Å². The largest absolute Gasteiger partial charge is 0.396 e. The van der Waals surface area contributed by atoms with Crippen LogP contribution in [0.4, 0.5) is 5.13 Å². The van der Waals surface area contributed by atoms with Crippen molar-refractivity contribution < 1.29 is 9.78 Å². The Hall–Kier alpha value is -0.810. The molecule has 4 nitrogen and oxygen atoms in total. The average Bonchev–Trinajstić information content (AvgIpc) is 2.19. The van der Waals surface area contributed by atoms with Crippen molar-refractivity contribution in [3.8, 4) is 0 Å². The van der Waals surface area contributed by atoms with Crippen molar-refractivity contribution in [3.63, 3.8) is 0 Å². The van der Waals surface area contributed by atoms with E-state index in [4.69, 9.17) is 16.7 Å². The number of hydrogen-bond acceptors (Lipinski definition) is 4. The molecule has 0 aromatic carbocycles. The Morgan fingerprint density at radius 3 is 2.64 bits per heavy atom. The Labute approximate surface area is 69.0 Å². The van der Waals surface area contributed by atoms with Crippen molar-refractivity contribution in [1.82, 2.24) is 0 Å². The molecular weight excluding hydrogens is 162 g/mol. The molecule has 1 aromatic heterocycles. The van der Waals surface area contributed by atoms with Gasteiger partial charge in [-0.1, -0.05) is 0 Å². The van der Waals surface area contributed by atoms with E-state index in [2.05, 4.69) is 0 Å². The van der Waals surface area contributed by atoms with Gasteiger partial charge in [-0.05, 0) is 11.3 Å². The van der Waals surface area contributed by atoms with Crippen molar-refractivity contribution >= 4 is 16.5 Å². The van der Waals surface area contributed by atoms with Crippen LogP contribution in [0.2, 0.25) is 0 Å². The molecule has 0 spiro atoms. The Bertz CT molecular complexity index is 259. The van der Waals surface area contributed by atoms with Gasteiger partial charge in [-0.3, -0.25) is 11.6 Å². The number of nitrogens with zero attached hydrogens (tertiary/aromatic N) is 1. The third-order valence-corrected chi connectivity index (χ3v) is 2.72. The second kappa shape index (κ2) is 3.06. The van der Waals surface area contributed by atoms with E-state index in [0.717, 1.165) is 10.6 Å². The molecule has 1 rings (SSSR count). The van der Waals surface area contributed by atoms with Crippen LogP contribution in [0, 0.1) is 6.92 Å². The van der Waals surface area contributed by atoms with Gasteiger partial charge in [0.15, 0.2) is 0 Å². The predicted octanol–water partition coefficient (Wildman–Crippen LogP) is -0.825. The van der Waals surface area contributed by atoms with Gasteiger partial charge in [0.25, 0.3) is 0 Å². The molecule has 1 aromatic rings. The Kier molecular flexibility index (Phi) is 2.31. The summed E-state index contributed by atoms with van der Waals surface area (Å²) in [7, 11) is 0. The summed E-state index contributed by atoms with van der Waals surface area (Å²) in [4.78, 5) is 1.05. The van der Waals surface area contributed by atoms with Crippen LogP contribution >= 0.6 is 11.3 Å². The monoisotopic (exact) mass is 174 g/mol. The number of aliphatic hydroxyl groups is 1. The molecule has 0 saturated heterocycles. The maximum atomic E-state index is 8.66. The van der Waals surface area contributed by atoms with Gasteiger partial charge < -0.3 is 5.11 Å². The van der Waals surface area contributed by atoms with Crippen molar-refractivity contribution in [3.05, 3.63) is 10.6 Å². The van der Waals surface area contributed by atoms with E-state index in [9.17, 15) is 0 Å². The van der Waals surface area contributed by atoms with E-state index < -0.39 is 0 Å². The van der Waals surface area contributed by atoms with Gasteiger partial charge >= 0.3 is 5.13 Å². The van der Waals surface area contributed by atoms with Crippen molar-refractivity contribution in [2.45, 2.75) is 13.3 Å². The summed E-state index contributed by atoms with van der Waals surface area (Å²) in [5.74, 6) is 5.55. The van der Waals surface area contributed by atoms with Gasteiger partial charge in [-0.25, -0.2) is 0 Å². The predicted molar refractivity (Wildman–Crippen MR) is 44.6 cm³/mol. The van der Waals surface area contributed by atoms with Gasteiger partial charge in [0.2, 0.25) is 0 Å². The second-order valence-corrected chi connectivity index (χ2v) is 3.41. The van der Waals surface area contributed by atoms with Gasteiger partial charge in [0, 0.05) is 20.0 Å². The van der Waals surface area contributed by atoms with E-state index in [-0.39, 0.29) is 6.61 Å². The SMILES string of the molecule is Cc1c(CCO)sc(N)[n+]1N. The summed E-state index contributed by atoms with van der Waals surface area (Å²) >= 11 is 1.42. The third-order valence-electron chi connectivity index (χ3n) is 1.57. The minimum Gasteiger partial charge on any atom is -0.396 e. The average molecular weight is 174 g/mol. The first-order chi connectivity index (χ1) is 5.16. The van der Waals surface area contributed by atoms with Crippen LogP contribution in [-0.2, 0) is 6.42 Å².